The van der Waals surface area contributed by atoms with Gasteiger partial charge in [0.25, 0.3) is 0 Å². The monoisotopic (exact) mass is 361 g/mol. The van der Waals surface area contributed by atoms with E-state index in [1.807, 2.05) is 0 Å². The molecule has 1 amide bonds. The Balaban J connectivity index is 1.83. The topological polar surface area (TPSA) is 46.6 Å². The molecule has 0 spiro atoms. The molecule has 1 fully saturated rings. The maximum absolute atomic E-state index is 13.0. The van der Waals surface area contributed by atoms with Crippen molar-refractivity contribution in [3.05, 3.63) is 71.3 Å². The molecule has 0 atom stereocenters. The van der Waals surface area contributed by atoms with Gasteiger partial charge in [0.1, 0.15) is 6.61 Å². The zero-order valence-electron chi connectivity index (χ0n) is 13.5. The smallest absolute Gasteiger partial charge is 0.416 e. The number of hydrogen-bond donors (Lipinski definition) is 0. The second-order valence-corrected chi connectivity index (χ2v) is 5.60. The zero-order valence-corrected chi connectivity index (χ0v) is 13.5. The number of ketones is 1. The van der Waals surface area contributed by atoms with E-state index < -0.39 is 23.6 Å². The number of amides is 1. The number of hydrogen-bond acceptors (Lipinski definition) is 3. The Morgan fingerprint density at radius 3 is 2.58 bits per heavy atom. The summed E-state index contributed by atoms with van der Waals surface area (Å²) in [6, 6.07) is 11.3. The summed E-state index contributed by atoms with van der Waals surface area (Å²) in [6.07, 6.45) is -2.77. The lowest BCUT2D eigenvalue weighted by molar-refractivity contribution is -0.137. The second kappa shape index (κ2) is 7.03. The first kappa shape index (κ1) is 17.7. The molecule has 1 aliphatic heterocycles. The minimum Gasteiger partial charge on any atom is -0.447 e. The van der Waals surface area contributed by atoms with E-state index in [9.17, 15) is 22.8 Å². The lowest BCUT2D eigenvalue weighted by atomic mass is 10.0. The SMILES string of the molecule is O=C(C=Cc1ccccc1C(F)(F)F)c1cccc(N2CCOC2=O)c1. The first-order valence-corrected chi connectivity index (χ1v) is 7.79. The van der Waals surface area contributed by atoms with E-state index in [0.29, 0.717) is 12.2 Å². The largest absolute Gasteiger partial charge is 0.447 e. The normalized spacial score (nSPS) is 14.7. The highest BCUT2D eigenvalue weighted by Gasteiger charge is 2.32. The van der Waals surface area contributed by atoms with Gasteiger partial charge in [-0.1, -0.05) is 36.4 Å². The second-order valence-electron chi connectivity index (χ2n) is 5.60. The van der Waals surface area contributed by atoms with Gasteiger partial charge in [0.05, 0.1) is 12.1 Å². The van der Waals surface area contributed by atoms with Crippen LogP contribution in [0.4, 0.5) is 23.7 Å². The summed E-state index contributed by atoms with van der Waals surface area (Å²) in [5.74, 6) is -0.462. The van der Waals surface area contributed by atoms with Gasteiger partial charge >= 0.3 is 12.3 Å². The van der Waals surface area contributed by atoms with Crippen molar-refractivity contribution < 1.29 is 27.5 Å². The number of rotatable bonds is 4. The summed E-state index contributed by atoms with van der Waals surface area (Å²) in [4.78, 5) is 25.3. The van der Waals surface area contributed by atoms with E-state index in [0.717, 1.165) is 18.2 Å². The van der Waals surface area contributed by atoms with Crippen molar-refractivity contribution in [1.29, 1.82) is 0 Å². The summed E-state index contributed by atoms with van der Waals surface area (Å²) in [5, 5.41) is 0. The Morgan fingerprint density at radius 1 is 1.12 bits per heavy atom. The van der Waals surface area contributed by atoms with Gasteiger partial charge in [0.2, 0.25) is 0 Å². The number of carbonyl (C=O) groups excluding carboxylic acids is 2. The molecular weight excluding hydrogens is 347 g/mol. The van der Waals surface area contributed by atoms with Crippen molar-refractivity contribution in [3.8, 4) is 0 Å². The van der Waals surface area contributed by atoms with E-state index in [1.165, 1.54) is 35.2 Å². The molecule has 1 heterocycles. The van der Waals surface area contributed by atoms with Gasteiger partial charge in [-0.15, -0.1) is 0 Å². The maximum Gasteiger partial charge on any atom is 0.416 e. The van der Waals surface area contributed by atoms with E-state index in [1.54, 1.807) is 12.1 Å². The van der Waals surface area contributed by atoms with Crippen LogP contribution >= 0.6 is 0 Å². The van der Waals surface area contributed by atoms with Crippen LogP contribution in [0.3, 0.4) is 0 Å². The van der Waals surface area contributed by atoms with Crippen LogP contribution in [-0.2, 0) is 10.9 Å². The van der Waals surface area contributed by atoms with Gasteiger partial charge in [-0.25, -0.2) is 4.79 Å². The van der Waals surface area contributed by atoms with E-state index >= 15 is 0 Å². The molecule has 3 rings (SSSR count). The first-order chi connectivity index (χ1) is 12.4. The minimum atomic E-state index is -4.50. The average molecular weight is 361 g/mol. The molecule has 1 saturated heterocycles. The van der Waals surface area contributed by atoms with Crippen molar-refractivity contribution >= 4 is 23.6 Å². The van der Waals surface area contributed by atoms with Crippen molar-refractivity contribution in [2.24, 2.45) is 0 Å². The first-order valence-electron chi connectivity index (χ1n) is 7.79. The lowest BCUT2D eigenvalue weighted by Gasteiger charge is -2.13. The average Bonchev–Trinajstić information content (AvgIpc) is 3.05. The van der Waals surface area contributed by atoms with Gasteiger partial charge < -0.3 is 4.74 Å². The van der Waals surface area contributed by atoms with Crippen molar-refractivity contribution in [3.63, 3.8) is 0 Å². The predicted octanol–water partition coefficient (Wildman–Crippen LogP) is 4.56. The summed E-state index contributed by atoms with van der Waals surface area (Å²) in [5.41, 5.74) is -0.129. The predicted molar refractivity (Wildman–Crippen MR) is 89.9 cm³/mol. The van der Waals surface area contributed by atoms with Crippen LogP contribution in [0.1, 0.15) is 21.5 Å². The van der Waals surface area contributed by atoms with Gasteiger partial charge in [-0.3, -0.25) is 9.69 Å². The van der Waals surface area contributed by atoms with Crippen molar-refractivity contribution in [2.75, 3.05) is 18.1 Å². The third-order valence-corrected chi connectivity index (χ3v) is 3.88. The number of alkyl halides is 3. The van der Waals surface area contributed by atoms with E-state index in [4.69, 9.17) is 4.74 Å². The Bertz CT molecular complexity index is 874. The van der Waals surface area contributed by atoms with Crippen molar-refractivity contribution in [2.45, 2.75) is 6.18 Å². The number of benzene rings is 2. The van der Waals surface area contributed by atoms with Crippen LogP contribution < -0.4 is 4.90 Å². The lowest BCUT2D eigenvalue weighted by Crippen LogP contribution is -2.23. The number of carbonyl (C=O) groups is 2. The van der Waals surface area contributed by atoms with Gasteiger partial charge in [0.15, 0.2) is 5.78 Å². The van der Waals surface area contributed by atoms with Crippen LogP contribution in [0.2, 0.25) is 0 Å². The van der Waals surface area contributed by atoms with Crippen LogP contribution in [0.15, 0.2) is 54.6 Å². The molecule has 0 unspecified atom stereocenters. The van der Waals surface area contributed by atoms with Crippen molar-refractivity contribution in [1.82, 2.24) is 0 Å². The zero-order chi connectivity index (χ0) is 18.7. The molecule has 2 aromatic carbocycles. The fraction of sp³-hybridized carbons (Fsp3) is 0.158. The summed E-state index contributed by atoms with van der Waals surface area (Å²) in [6.45, 7) is 0.649. The van der Waals surface area contributed by atoms with Gasteiger partial charge in [0, 0.05) is 11.3 Å². The number of allylic oxidation sites excluding steroid dienone is 1. The number of anilines is 1. The molecule has 0 bridgehead atoms. The Morgan fingerprint density at radius 2 is 1.88 bits per heavy atom. The molecule has 134 valence electrons. The molecule has 7 heteroatoms. The van der Waals surface area contributed by atoms with Crippen LogP contribution in [0, 0.1) is 0 Å². The van der Waals surface area contributed by atoms with Gasteiger partial charge in [-0.05, 0) is 29.8 Å². The van der Waals surface area contributed by atoms with E-state index in [2.05, 4.69) is 0 Å². The molecule has 0 radical (unpaired) electrons. The van der Waals surface area contributed by atoms with Gasteiger partial charge in [-0.2, -0.15) is 13.2 Å². The highest BCUT2D eigenvalue weighted by molar-refractivity contribution is 6.07. The number of nitrogens with zero attached hydrogens (tertiary/aromatic N) is 1. The fourth-order valence-corrected chi connectivity index (χ4v) is 2.62. The standard InChI is InChI=1S/C19H14F3NO3/c20-19(21,22)16-7-2-1-4-13(16)8-9-17(24)14-5-3-6-15(12-14)23-10-11-26-18(23)25/h1-9,12H,10-11H2. The quantitative estimate of drug-likeness (QED) is 0.593. The molecule has 4 nitrogen and oxygen atoms in total. The minimum absolute atomic E-state index is 0.0902. The Labute approximate surface area is 147 Å². The highest BCUT2D eigenvalue weighted by Crippen LogP contribution is 2.32. The number of ether oxygens (including phenoxy) is 1. The summed E-state index contributed by atoms with van der Waals surface area (Å²) < 4.78 is 43.8. The molecule has 0 aliphatic carbocycles. The fourth-order valence-electron chi connectivity index (χ4n) is 2.62. The molecular formula is C19H14F3NO3. The Hall–Kier alpha value is -3.09. The third kappa shape index (κ3) is 3.77. The maximum atomic E-state index is 13.0. The summed E-state index contributed by atoms with van der Waals surface area (Å²) >= 11 is 0. The van der Waals surface area contributed by atoms with Crippen LogP contribution in [0.5, 0.6) is 0 Å². The Kier molecular flexibility index (Phi) is 4.79. The third-order valence-electron chi connectivity index (χ3n) is 3.88. The van der Waals surface area contributed by atoms with Crippen LogP contribution in [0.25, 0.3) is 6.08 Å². The molecule has 0 aromatic heterocycles. The molecule has 1 aliphatic rings. The summed E-state index contributed by atoms with van der Waals surface area (Å²) in [7, 11) is 0. The molecule has 0 saturated carbocycles. The number of halogens is 3. The molecule has 26 heavy (non-hydrogen) atoms. The highest BCUT2D eigenvalue weighted by atomic mass is 19.4. The number of cyclic esters (lactones) is 1. The molecule has 2 aromatic rings. The molecule has 0 N–H and O–H groups in total. The van der Waals surface area contributed by atoms with Crippen LogP contribution in [-0.4, -0.2) is 25.0 Å². The van der Waals surface area contributed by atoms with E-state index in [-0.39, 0.29) is 17.7 Å².